The van der Waals surface area contributed by atoms with Gasteiger partial charge in [0.25, 0.3) is 5.91 Å². The summed E-state index contributed by atoms with van der Waals surface area (Å²) in [7, 11) is 4.48. The Morgan fingerprint density at radius 3 is 2.16 bits per heavy atom. The first-order chi connectivity index (χ1) is 14.9. The summed E-state index contributed by atoms with van der Waals surface area (Å²) >= 11 is 6.89. The Morgan fingerprint density at radius 1 is 0.935 bits per heavy atom. The van der Waals surface area contributed by atoms with Crippen molar-refractivity contribution in [1.82, 2.24) is 10.9 Å². The summed E-state index contributed by atoms with van der Waals surface area (Å²) in [6.45, 7) is 2.06. The number of hydrogen-bond donors (Lipinski definition) is 3. The Hall–Kier alpha value is -3.30. The van der Waals surface area contributed by atoms with Crippen LogP contribution in [0.15, 0.2) is 47.8 Å². The zero-order valence-electron chi connectivity index (χ0n) is 17.6. The van der Waals surface area contributed by atoms with Gasteiger partial charge in [-0.3, -0.25) is 15.6 Å². The molecule has 0 saturated heterocycles. The molecule has 3 aromatic rings. The zero-order chi connectivity index (χ0) is 22.4. The molecule has 0 bridgehead atoms. The van der Waals surface area contributed by atoms with Crippen LogP contribution < -0.4 is 30.4 Å². The third-order valence-corrected chi connectivity index (χ3v) is 5.59. The van der Waals surface area contributed by atoms with Crippen molar-refractivity contribution in [3.63, 3.8) is 0 Å². The fraction of sp³-hybridized carbons (Fsp3) is 0.182. The van der Waals surface area contributed by atoms with Crippen molar-refractivity contribution in [3.8, 4) is 27.7 Å². The number of anilines is 1. The number of hydrazine groups is 1. The number of nitrogens with one attached hydrogen (secondary N) is 3. The third-order valence-electron chi connectivity index (χ3n) is 4.41. The topological polar surface area (TPSA) is 80.9 Å². The Balaban J connectivity index is 1.61. The van der Waals surface area contributed by atoms with E-state index < -0.39 is 5.91 Å². The highest BCUT2D eigenvalue weighted by molar-refractivity contribution is 7.80. The van der Waals surface area contributed by atoms with Gasteiger partial charge in [-0.15, -0.1) is 11.3 Å². The van der Waals surface area contributed by atoms with E-state index in [4.69, 9.17) is 26.4 Å². The molecule has 0 aliphatic carbocycles. The summed E-state index contributed by atoms with van der Waals surface area (Å²) in [6.07, 6.45) is 0. The average Bonchev–Trinajstić information content (AvgIpc) is 3.25. The van der Waals surface area contributed by atoms with Gasteiger partial charge < -0.3 is 19.5 Å². The molecular weight excluding hydrogens is 434 g/mol. The fourth-order valence-electron chi connectivity index (χ4n) is 2.83. The molecule has 3 N–H and O–H groups in total. The molecular formula is C22H23N3O4S2. The lowest BCUT2D eigenvalue weighted by atomic mass is 10.1. The largest absolute Gasteiger partial charge is 0.493 e. The second kappa shape index (κ2) is 10.1. The van der Waals surface area contributed by atoms with Crippen molar-refractivity contribution in [2.75, 3.05) is 26.6 Å². The van der Waals surface area contributed by atoms with E-state index >= 15 is 0 Å². The number of carbonyl (C=O) groups is 1. The third kappa shape index (κ3) is 5.44. The molecule has 0 radical (unpaired) electrons. The van der Waals surface area contributed by atoms with Gasteiger partial charge in [-0.1, -0.05) is 29.8 Å². The van der Waals surface area contributed by atoms with Crippen molar-refractivity contribution >= 4 is 40.3 Å². The number of hydrogen-bond acceptors (Lipinski definition) is 6. The molecule has 0 unspecified atom stereocenters. The maximum Gasteiger partial charge on any atom is 0.269 e. The highest BCUT2D eigenvalue weighted by Gasteiger charge is 2.17. The average molecular weight is 458 g/mol. The molecule has 0 atom stereocenters. The molecule has 7 nitrogen and oxygen atoms in total. The lowest BCUT2D eigenvalue weighted by Crippen LogP contribution is -2.43. The maximum atomic E-state index is 12.5. The molecule has 3 rings (SSSR count). The van der Waals surface area contributed by atoms with Gasteiger partial charge in [0.15, 0.2) is 16.6 Å². The van der Waals surface area contributed by atoms with Gasteiger partial charge in [0, 0.05) is 15.8 Å². The number of ether oxygens (including phenoxy) is 3. The van der Waals surface area contributed by atoms with Gasteiger partial charge in [-0.05, 0) is 42.9 Å². The molecule has 0 fully saturated rings. The summed E-state index contributed by atoms with van der Waals surface area (Å²) in [5.74, 6) is 0.770. The molecule has 0 saturated carbocycles. The van der Waals surface area contributed by atoms with Crippen LogP contribution in [0.5, 0.6) is 17.2 Å². The van der Waals surface area contributed by atoms with E-state index in [1.165, 1.54) is 26.9 Å². The van der Waals surface area contributed by atoms with Gasteiger partial charge in [0.1, 0.15) is 0 Å². The lowest BCUT2D eigenvalue weighted by molar-refractivity contribution is 0.0943. The number of methoxy groups -OCH3 is 3. The van der Waals surface area contributed by atoms with E-state index in [-0.39, 0.29) is 5.11 Å². The highest BCUT2D eigenvalue weighted by atomic mass is 32.1. The predicted molar refractivity (Wildman–Crippen MR) is 127 cm³/mol. The Morgan fingerprint density at radius 2 is 1.58 bits per heavy atom. The normalized spacial score (nSPS) is 10.2. The Kier molecular flexibility index (Phi) is 7.32. The van der Waals surface area contributed by atoms with Gasteiger partial charge in [-0.2, -0.15) is 0 Å². The molecule has 162 valence electrons. The van der Waals surface area contributed by atoms with E-state index in [0.717, 1.165) is 16.1 Å². The predicted octanol–water partition coefficient (Wildman–Crippen LogP) is 4.38. The van der Waals surface area contributed by atoms with E-state index in [1.54, 1.807) is 23.5 Å². The minimum Gasteiger partial charge on any atom is -0.493 e. The molecule has 31 heavy (non-hydrogen) atoms. The van der Waals surface area contributed by atoms with Crippen LogP contribution in [0, 0.1) is 6.92 Å². The van der Waals surface area contributed by atoms with E-state index in [9.17, 15) is 4.79 Å². The van der Waals surface area contributed by atoms with Crippen LogP contribution in [0.25, 0.3) is 10.4 Å². The monoisotopic (exact) mass is 457 g/mol. The number of thiocarbonyl (C=S) groups is 1. The molecule has 1 aromatic heterocycles. The van der Waals surface area contributed by atoms with Crippen molar-refractivity contribution in [3.05, 3.63) is 59.0 Å². The summed E-state index contributed by atoms with van der Waals surface area (Å²) in [4.78, 5) is 13.7. The van der Waals surface area contributed by atoms with Crippen LogP contribution in [0.1, 0.15) is 15.9 Å². The summed E-state index contributed by atoms with van der Waals surface area (Å²) in [5.41, 5.74) is 8.77. The quantitative estimate of drug-likeness (QED) is 0.374. The van der Waals surface area contributed by atoms with Crippen LogP contribution in [-0.4, -0.2) is 32.3 Å². The molecule has 0 aliphatic heterocycles. The van der Waals surface area contributed by atoms with Crippen LogP contribution in [0.4, 0.5) is 5.69 Å². The van der Waals surface area contributed by atoms with Gasteiger partial charge >= 0.3 is 0 Å². The number of benzene rings is 2. The van der Waals surface area contributed by atoms with Crippen LogP contribution in [0.3, 0.4) is 0 Å². The SMILES string of the molecule is COc1cc(C(=O)NNC(=S)Nc2csc(-c3ccc(C)cc3)c2)cc(OC)c1OC. The van der Waals surface area contributed by atoms with E-state index in [2.05, 4.69) is 47.4 Å². The zero-order valence-corrected chi connectivity index (χ0v) is 19.2. The summed E-state index contributed by atoms with van der Waals surface area (Å²) in [5, 5.41) is 5.28. The number of thiophene rings is 1. The smallest absolute Gasteiger partial charge is 0.269 e. The first-order valence-corrected chi connectivity index (χ1v) is 10.6. The van der Waals surface area contributed by atoms with Crippen LogP contribution in [0.2, 0.25) is 0 Å². The minimum atomic E-state index is -0.408. The van der Waals surface area contributed by atoms with Crippen molar-refractivity contribution in [1.29, 1.82) is 0 Å². The van der Waals surface area contributed by atoms with Gasteiger partial charge in [0.2, 0.25) is 5.75 Å². The van der Waals surface area contributed by atoms with Gasteiger partial charge in [0.05, 0.1) is 27.0 Å². The van der Waals surface area contributed by atoms with E-state index in [0.29, 0.717) is 22.8 Å². The Labute approximate surface area is 190 Å². The molecule has 9 heteroatoms. The Bertz CT molecular complexity index is 1060. The number of rotatable bonds is 6. The van der Waals surface area contributed by atoms with Crippen molar-refractivity contribution < 1.29 is 19.0 Å². The van der Waals surface area contributed by atoms with E-state index in [1.807, 2.05) is 11.4 Å². The van der Waals surface area contributed by atoms with Crippen LogP contribution >= 0.6 is 23.6 Å². The second-order valence-corrected chi connectivity index (χ2v) is 7.83. The lowest BCUT2D eigenvalue weighted by Gasteiger charge is -2.15. The first kappa shape index (κ1) is 22.4. The number of amides is 1. The number of aryl methyl sites for hydroxylation is 1. The minimum absolute atomic E-state index is 0.258. The molecule has 1 heterocycles. The molecule has 2 aromatic carbocycles. The molecule has 0 spiro atoms. The van der Waals surface area contributed by atoms with Crippen LogP contribution in [-0.2, 0) is 0 Å². The summed E-state index contributed by atoms with van der Waals surface area (Å²) < 4.78 is 15.8. The fourth-order valence-corrected chi connectivity index (χ4v) is 3.85. The maximum absolute atomic E-state index is 12.5. The first-order valence-electron chi connectivity index (χ1n) is 9.28. The second-order valence-electron chi connectivity index (χ2n) is 6.51. The summed E-state index contributed by atoms with van der Waals surface area (Å²) in [6, 6.07) is 13.4. The highest BCUT2D eigenvalue weighted by Crippen LogP contribution is 2.38. The molecule has 1 amide bonds. The standard InChI is InChI=1S/C22H23N3O4S2/c1-13-5-7-14(8-6-13)19-11-16(12-31-19)23-22(30)25-24-21(26)15-9-17(27-2)20(29-4)18(10-15)28-3/h5-12H,1-4H3,(H,24,26)(H2,23,25,30). The van der Waals surface area contributed by atoms with Gasteiger partial charge in [-0.25, -0.2) is 0 Å². The number of carbonyl (C=O) groups excluding carboxylic acids is 1. The molecule has 0 aliphatic rings. The van der Waals surface area contributed by atoms with Crippen molar-refractivity contribution in [2.24, 2.45) is 0 Å². The van der Waals surface area contributed by atoms with Crippen molar-refractivity contribution in [2.45, 2.75) is 6.92 Å².